The Balaban J connectivity index is 1.40. The van der Waals surface area contributed by atoms with Gasteiger partial charge in [-0.25, -0.2) is 0 Å². The number of benzene rings is 2. The molecule has 4 rings (SSSR count). The molecule has 0 aromatic heterocycles. The van der Waals surface area contributed by atoms with Gasteiger partial charge in [-0.15, -0.1) is 0 Å². The Hall–Kier alpha value is -2.79. The van der Waals surface area contributed by atoms with Crippen LogP contribution in [0.3, 0.4) is 0 Å². The Labute approximate surface area is 152 Å². The molecule has 1 fully saturated rings. The average Bonchev–Trinajstić information content (AvgIpc) is 3.20. The van der Waals surface area contributed by atoms with Gasteiger partial charge < -0.3 is 19.5 Å². The first-order valence-corrected chi connectivity index (χ1v) is 8.86. The molecule has 0 aliphatic carbocycles. The number of amides is 1. The van der Waals surface area contributed by atoms with Gasteiger partial charge >= 0.3 is 0 Å². The fourth-order valence-corrected chi connectivity index (χ4v) is 3.09. The molecule has 2 aliphatic rings. The van der Waals surface area contributed by atoms with Crippen LogP contribution in [0.4, 0.5) is 5.69 Å². The molecule has 1 atom stereocenters. The molecule has 2 aliphatic heterocycles. The molecule has 0 bridgehead atoms. The van der Waals surface area contributed by atoms with Crippen molar-refractivity contribution in [2.45, 2.75) is 18.9 Å². The number of ether oxygens (including phenoxy) is 3. The summed E-state index contributed by atoms with van der Waals surface area (Å²) in [6.07, 6.45) is 4.15. The summed E-state index contributed by atoms with van der Waals surface area (Å²) >= 11 is 0. The van der Waals surface area contributed by atoms with Crippen molar-refractivity contribution < 1.29 is 19.0 Å². The largest absolute Gasteiger partial charge is 0.491 e. The summed E-state index contributed by atoms with van der Waals surface area (Å²) in [5.74, 6) is 1.35. The van der Waals surface area contributed by atoms with Crippen LogP contribution in [-0.4, -0.2) is 31.8 Å². The first-order valence-electron chi connectivity index (χ1n) is 8.86. The molecular weight excluding hydrogens is 330 g/mol. The highest BCUT2D eigenvalue weighted by Crippen LogP contribution is 2.26. The standard InChI is InChI=1S/C21H21NO4/c23-21(16-11-15-5-1-2-9-20(15)26-13-16)22-17-6-3-7-18(12-17)25-14-19-8-4-10-24-19/h1-3,5-7,9,11-12,19H,4,8,10,13-14H2,(H,22,23). The van der Waals surface area contributed by atoms with Crippen LogP contribution in [0.25, 0.3) is 6.08 Å². The van der Waals surface area contributed by atoms with Gasteiger partial charge in [0.05, 0.1) is 11.7 Å². The molecule has 1 saturated heterocycles. The normalized spacial score (nSPS) is 18.5. The molecule has 0 spiro atoms. The number of nitrogens with one attached hydrogen (secondary N) is 1. The first-order chi connectivity index (χ1) is 12.8. The second kappa shape index (κ2) is 7.62. The fourth-order valence-electron chi connectivity index (χ4n) is 3.09. The maximum absolute atomic E-state index is 12.5. The van der Waals surface area contributed by atoms with Crippen molar-refractivity contribution in [3.05, 3.63) is 59.7 Å². The number of hydrogen-bond acceptors (Lipinski definition) is 4. The van der Waals surface area contributed by atoms with Gasteiger partial charge in [0.2, 0.25) is 0 Å². The predicted octanol–water partition coefficient (Wildman–Crippen LogP) is 3.66. The van der Waals surface area contributed by atoms with E-state index in [2.05, 4.69) is 5.32 Å². The van der Waals surface area contributed by atoms with Gasteiger partial charge in [0.1, 0.15) is 24.7 Å². The van der Waals surface area contributed by atoms with E-state index in [1.54, 1.807) is 0 Å². The van der Waals surface area contributed by atoms with Crippen molar-refractivity contribution >= 4 is 17.7 Å². The molecule has 2 aromatic rings. The van der Waals surface area contributed by atoms with Crippen molar-refractivity contribution in [3.8, 4) is 11.5 Å². The number of anilines is 1. The molecule has 2 heterocycles. The molecule has 26 heavy (non-hydrogen) atoms. The maximum Gasteiger partial charge on any atom is 0.255 e. The van der Waals surface area contributed by atoms with Gasteiger partial charge in [-0.1, -0.05) is 24.3 Å². The molecule has 1 amide bonds. The third-order valence-corrected chi connectivity index (χ3v) is 4.48. The van der Waals surface area contributed by atoms with E-state index in [1.165, 1.54) is 0 Å². The zero-order valence-corrected chi connectivity index (χ0v) is 14.4. The lowest BCUT2D eigenvalue weighted by atomic mass is 10.1. The second-order valence-electron chi connectivity index (χ2n) is 6.42. The quantitative estimate of drug-likeness (QED) is 0.893. The Bertz CT molecular complexity index is 824. The number of fused-ring (bicyclic) bond motifs is 1. The summed E-state index contributed by atoms with van der Waals surface area (Å²) < 4.78 is 17.0. The zero-order chi connectivity index (χ0) is 17.8. The van der Waals surface area contributed by atoms with Gasteiger partial charge in [-0.3, -0.25) is 4.79 Å². The van der Waals surface area contributed by atoms with E-state index < -0.39 is 0 Å². The van der Waals surface area contributed by atoms with E-state index in [4.69, 9.17) is 14.2 Å². The summed E-state index contributed by atoms with van der Waals surface area (Å²) in [6.45, 7) is 1.61. The van der Waals surface area contributed by atoms with E-state index in [-0.39, 0.29) is 18.6 Å². The third-order valence-electron chi connectivity index (χ3n) is 4.48. The van der Waals surface area contributed by atoms with Gasteiger partial charge in [0.25, 0.3) is 5.91 Å². The SMILES string of the molecule is O=C(Nc1cccc(OCC2CCCO2)c1)C1=Cc2ccccc2OC1. The minimum absolute atomic E-state index is 0.165. The molecule has 1 N–H and O–H groups in total. The Morgan fingerprint density at radius 1 is 1.19 bits per heavy atom. The number of rotatable bonds is 5. The lowest BCUT2D eigenvalue weighted by molar-refractivity contribution is -0.113. The fraction of sp³-hybridized carbons (Fsp3) is 0.286. The van der Waals surface area contributed by atoms with Gasteiger partial charge in [0.15, 0.2) is 0 Å². The van der Waals surface area contributed by atoms with Crippen LogP contribution in [0, 0.1) is 0 Å². The summed E-state index contributed by atoms with van der Waals surface area (Å²) in [6, 6.07) is 15.1. The van der Waals surface area contributed by atoms with Crippen molar-refractivity contribution in [2.75, 3.05) is 25.1 Å². The van der Waals surface area contributed by atoms with Crippen LogP contribution in [0.2, 0.25) is 0 Å². The number of carbonyl (C=O) groups excluding carboxylic acids is 1. The van der Waals surface area contributed by atoms with Crippen LogP contribution >= 0.6 is 0 Å². The molecule has 5 heteroatoms. The molecular formula is C21H21NO4. The summed E-state index contributed by atoms with van der Waals surface area (Å²) in [5, 5.41) is 2.91. The van der Waals surface area contributed by atoms with Crippen molar-refractivity contribution in [1.29, 1.82) is 0 Å². The van der Waals surface area contributed by atoms with E-state index in [9.17, 15) is 4.79 Å². The van der Waals surface area contributed by atoms with Crippen molar-refractivity contribution in [1.82, 2.24) is 0 Å². The third kappa shape index (κ3) is 3.89. The molecule has 1 unspecified atom stereocenters. The summed E-state index contributed by atoms with van der Waals surface area (Å²) in [5.41, 5.74) is 2.20. The smallest absolute Gasteiger partial charge is 0.255 e. The Morgan fingerprint density at radius 2 is 2.12 bits per heavy atom. The minimum Gasteiger partial charge on any atom is -0.491 e. The van der Waals surface area contributed by atoms with Gasteiger partial charge in [-0.05, 0) is 37.1 Å². The van der Waals surface area contributed by atoms with E-state index in [0.717, 1.165) is 36.5 Å². The zero-order valence-electron chi connectivity index (χ0n) is 14.4. The molecule has 134 valence electrons. The van der Waals surface area contributed by atoms with Crippen LogP contribution in [0.1, 0.15) is 18.4 Å². The lowest BCUT2D eigenvalue weighted by Gasteiger charge is -2.17. The second-order valence-corrected chi connectivity index (χ2v) is 6.42. The van der Waals surface area contributed by atoms with Gasteiger partial charge in [0, 0.05) is 23.9 Å². The van der Waals surface area contributed by atoms with Crippen molar-refractivity contribution in [2.24, 2.45) is 0 Å². The Morgan fingerprint density at radius 3 is 3.00 bits per heavy atom. The summed E-state index contributed by atoms with van der Waals surface area (Å²) in [7, 11) is 0. The summed E-state index contributed by atoms with van der Waals surface area (Å²) in [4.78, 5) is 12.5. The minimum atomic E-state index is -0.171. The highest BCUT2D eigenvalue weighted by atomic mass is 16.5. The first kappa shape index (κ1) is 16.7. The molecule has 0 radical (unpaired) electrons. The number of hydrogen-bond donors (Lipinski definition) is 1. The van der Waals surface area contributed by atoms with Crippen LogP contribution in [-0.2, 0) is 9.53 Å². The highest BCUT2D eigenvalue weighted by molar-refractivity contribution is 6.07. The maximum atomic E-state index is 12.5. The van der Waals surface area contributed by atoms with Gasteiger partial charge in [-0.2, -0.15) is 0 Å². The van der Waals surface area contributed by atoms with E-state index >= 15 is 0 Å². The monoisotopic (exact) mass is 351 g/mol. The predicted molar refractivity (Wildman–Crippen MR) is 99.5 cm³/mol. The topological polar surface area (TPSA) is 56.8 Å². The number of carbonyl (C=O) groups is 1. The molecule has 5 nitrogen and oxygen atoms in total. The number of para-hydroxylation sites is 1. The molecule has 2 aromatic carbocycles. The van der Waals surface area contributed by atoms with E-state index in [0.29, 0.717) is 17.9 Å². The molecule has 0 saturated carbocycles. The van der Waals surface area contributed by atoms with E-state index in [1.807, 2.05) is 54.6 Å². The van der Waals surface area contributed by atoms with Crippen molar-refractivity contribution in [3.63, 3.8) is 0 Å². The van der Waals surface area contributed by atoms with Crippen LogP contribution in [0.5, 0.6) is 11.5 Å². The highest BCUT2D eigenvalue weighted by Gasteiger charge is 2.18. The average molecular weight is 351 g/mol. The van der Waals surface area contributed by atoms with Crippen LogP contribution < -0.4 is 14.8 Å². The lowest BCUT2D eigenvalue weighted by Crippen LogP contribution is -2.21. The Kier molecular flexibility index (Phi) is 4.88. The van der Waals surface area contributed by atoms with Crippen LogP contribution in [0.15, 0.2) is 54.1 Å².